The summed E-state index contributed by atoms with van der Waals surface area (Å²) in [6.45, 7) is 3.40. The quantitative estimate of drug-likeness (QED) is 0.385. The Morgan fingerprint density at radius 3 is 2.13 bits per heavy atom. The van der Waals surface area contributed by atoms with Crippen molar-refractivity contribution in [3.05, 3.63) is 33.8 Å². The lowest BCUT2D eigenvalue weighted by molar-refractivity contribution is -0.153. The van der Waals surface area contributed by atoms with E-state index in [0.29, 0.717) is 11.4 Å². The summed E-state index contributed by atoms with van der Waals surface area (Å²) in [5, 5.41) is 5.69. The van der Waals surface area contributed by atoms with Crippen LogP contribution in [-0.4, -0.2) is 92.8 Å². The fourth-order valence-electron chi connectivity index (χ4n) is 3.70. The highest BCUT2D eigenvalue weighted by Gasteiger charge is 2.57. The first-order valence-corrected chi connectivity index (χ1v) is 12.7. The van der Waals surface area contributed by atoms with Gasteiger partial charge in [0.1, 0.15) is 0 Å². The van der Waals surface area contributed by atoms with Crippen molar-refractivity contribution in [1.29, 1.82) is 0 Å². The second-order valence-electron chi connectivity index (χ2n) is 9.93. The third kappa shape index (κ3) is 8.34. The number of benzene rings is 1. The van der Waals surface area contributed by atoms with Gasteiger partial charge in [0, 0.05) is 33.2 Å². The molecule has 1 aliphatic heterocycles. The number of hydrogen-bond acceptors (Lipinski definition) is 7. The number of halogens is 2. The Morgan fingerprint density at radius 2 is 1.61 bits per heavy atom. The van der Waals surface area contributed by atoms with E-state index in [1.165, 1.54) is 56.2 Å². The van der Waals surface area contributed by atoms with E-state index < -0.39 is 67.6 Å². The summed E-state index contributed by atoms with van der Waals surface area (Å²) >= 11 is 12.0. The molecule has 1 aromatic carbocycles. The Hall–Kier alpha value is -2.83. The Kier molecular flexibility index (Phi) is 11.0. The molecule has 0 bridgehead atoms. The number of carbonyl (C=O) groups excluding carboxylic acids is 5. The minimum atomic E-state index is -1.84. The van der Waals surface area contributed by atoms with Crippen LogP contribution in [-0.2, 0) is 28.5 Å². The van der Waals surface area contributed by atoms with E-state index in [-0.39, 0.29) is 16.5 Å². The Morgan fingerprint density at radius 1 is 1.03 bits per heavy atom. The van der Waals surface area contributed by atoms with Crippen LogP contribution in [0.4, 0.5) is 0 Å². The lowest BCUT2D eigenvalue weighted by Crippen LogP contribution is -2.52. The lowest BCUT2D eigenvalue weighted by Gasteiger charge is -2.28. The molecule has 1 aliphatic rings. The van der Waals surface area contributed by atoms with E-state index in [1.807, 2.05) is 13.8 Å². The minimum absolute atomic E-state index is 0.0456. The van der Waals surface area contributed by atoms with Crippen LogP contribution in [0, 0.1) is 5.92 Å². The largest absolute Gasteiger partial charge is 0.552 e. The maximum atomic E-state index is 13.0. The van der Waals surface area contributed by atoms with Gasteiger partial charge in [-0.15, -0.1) is 0 Å². The van der Waals surface area contributed by atoms with Crippen LogP contribution < -0.4 is 10.6 Å². The van der Waals surface area contributed by atoms with E-state index in [0.717, 1.165) is 0 Å². The molecule has 11 nitrogen and oxygen atoms in total. The monoisotopic (exact) mass is 570 g/mol. The second-order valence-corrected chi connectivity index (χ2v) is 10.8. The van der Waals surface area contributed by atoms with Crippen molar-refractivity contribution in [2.24, 2.45) is 5.92 Å². The molecule has 1 saturated heterocycles. The van der Waals surface area contributed by atoms with Gasteiger partial charge in [-0.3, -0.25) is 24.0 Å². The Labute approximate surface area is 232 Å². The fraction of sp³-hybridized carbons (Fsp3) is 0.542. The Balaban J connectivity index is 2.18. The molecule has 1 fully saturated rings. The zero-order chi connectivity index (χ0) is 28.8. The van der Waals surface area contributed by atoms with Gasteiger partial charge in [-0.05, 0) is 30.5 Å². The number of nitrogens with zero attached hydrogens (tertiary/aromatic N) is 2. The van der Waals surface area contributed by atoms with Crippen molar-refractivity contribution < 1.29 is 33.3 Å². The van der Waals surface area contributed by atoms with Gasteiger partial charge in [0.25, 0.3) is 5.91 Å². The molecule has 0 saturated carbocycles. The van der Waals surface area contributed by atoms with Crippen molar-refractivity contribution in [3.8, 4) is 0 Å². The molecule has 38 heavy (non-hydrogen) atoms. The predicted molar refractivity (Wildman–Crippen MR) is 142 cm³/mol. The summed E-state index contributed by atoms with van der Waals surface area (Å²) in [6.07, 6.45) is -0.474. The molecule has 1 heterocycles. The first-order valence-electron chi connectivity index (χ1n) is 12.0. The van der Waals surface area contributed by atoms with Gasteiger partial charge in [-0.2, -0.15) is 0 Å². The number of rotatable bonds is 11. The van der Waals surface area contributed by atoms with Gasteiger partial charge < -0.3 is 29.7 Å². The summed E-state index contributed by atoms with van der Waals surface area (Å²) in [7, 11) is 4.84. The maximum absolute atomic E-state index is 13.0. The molecular formula is C24H33BCl2N4O7. The smallest absolute Gasteiger partial charge is 0.506 e. The summed E-state index contributed by atoms with van der Waals surface area (Å²) in [5.41, 5.74) is -1.73. The van der Waals surface area contributed by atoms with Gasteiger partial charge in [-0.25, -0.2) is 0 Å². The van der Waals surface area contributed by atoms with E-state index in [9.17, 15) is 24.0 Å². The van der Waals surface area contributed by atoms with Gasteiger partial charge in [0.15, 0.2) is 5.60 Å². The molecule has 2 N–H and O–H groups in total. The maximum Gasteiger partial charge on any atom is 0.552 e. The predicted octanol–water partition coefficient (Wildman–Crippen LogP) is 1.55. The average Bonchev–Trinajstić information content (AvgIpc) is 3.13. The second kappa shape index (κ2) is 13.3. The van der Waals surface area contributed by atoms with Crippen LogP contribution in [0.1, 0.15) is 43.5 Å². The summed E-state index contributed by atoms with van der Waals surface area (Å²) < 4.78 is 11.5. The number of carbonyl (C=O) groups is 5. The molecule has 0 spiro atoms. The zero-order valence-electron chi connectivity index (χ0n) is 22.3. The molecule has 2 rings (SSSR count). The molecule has 0 unspecified atom stereocenters. The summed E-state index contributed by atoms with van der Waals surface area (Å²) in [5.74, 6) is -3.66. The third-order valence-corrected chi connectivity index (χ3v) is 6.36. The Bertz CT molecular complexity index is 1060. The standard InChI is InChI=1S/C24H33BCl2N4O7/c1-14(2)9-18(29-19(32)13-28-22(35)16-10-15(26)7-8-17(16)27)25-37-23(36)24(38-25,11-20(33)30(3)4)12-21(34)31(5)6/h7-8,10,14,18H,9,11-13H2,1-6H3,(H,28,35)(H,29,32)/t18-/m0/s1. The van der Waals surface area contributed by atoms with Gasteiger partial charge in [0.05, 0.1) is 35.9 Å². The molecule has 1 aromatic rings. The highest BCUT2D eigenvalue weighted by atomic mass is 35.5. The van der Waals surface area contributed by atoms with Crippen molar-refractivity contribution in [2.75, 3.05) is 34.7 Å². The molecule has 4 amide bonds. The molecule has 1 atom stereocenters. The van der Waals surface area contributed by atoms with Crippen LogP contribution in [0.5, 0.6) is 0 Å². The first kappa shape index (κ1) is 31.4. The normalized spacial score (nSPS) is 15.1. The van der Waals surface area contributed by atoms with Crippen molar-refractivity contribution >= 4 is 59.9 Å². The molecule has 0 aromatic heterocycles. The third-order valence-electron chi connectivity index (χ3n) is 5.79. The van der Waals surface area contributed by atoms with Crippen molar-refractivity contribution in [3.63, 3.8) is 0 Å². The van der Waals surface area contributed by atoms with Gasteiger partial charge in [-0.1, -0.05) is 37.0 Å². The topological polar surface area (TPSA) is 134 Å². The van der Waals surface area contributed by atoms with E-state index >= 15 is 0 Å². The molecule has 0 radical (unpaired) electrons. The molecule has 0 aliphatic carbocycles. The van der Waals surface area contributed by atoms with E-state index in [4.69, 9.17) is 32.5 Å². The number of amides is 4. The van der Waals surface area contributed by atoms with Crippen LogP contribution in [0.25, 0.3) is 0 Å². The minimum Gasteiger partial charge on any atom is -0.506 e. The van der Waals surface area contributed by atoms with Crippen LogP contribution in [0.15, 0.2) is 18.2 Å². The number of nitrogens with one attached hydrogen (secondary N) is 2. The highest BCUT2D eigenvalue weighted by Crippen LogP contribution is 2.33. The van der Waals surface area contributed by atoms with Crippen molar-refractivity contribution in [1.82, 2.24) is 20.4 Å². The van der Waals surface area contributed by atoms with Crippen LogP contribution in [0.3, 0.4) is 0 Å². The van der Waals surface area contributed by atoms with Crippen LogP contribution in [0.2, 0.25) is 10.0 Å². The van der Waals surface area contributed by atoms with Crippen molar-refractivity contribution in [2.45, 2.75) is 44.7 Å². The van der Waals surface area contributed by atoms with E-state index in [1.54, 1.807) is 0 Å². The number of hydrogen-bond donors (Lipinski definition) is 2. The molecule has 14 heteroatoms. The average molecular weight is 571 g/mol. The van der Waals surface area contributed by atoms with Gasteiger partial charge in [0.2, 0.25) is 17.7 Å². The summed E-state index contributed by atoms with van der Waals surface area (Å²) in [6, 6.07) is 4.39. The first-order chi connectivity index (χ1) is 17.6. The summed E-state index contributed by atoms with van der Waals surface area (Å²) in [4.78, 5) is 65.9. The zero-order valence-corrected chi connectivity index (χ0v) is 23.8. The van der Waals surface area contributed by atoms with E-state index in [2.05, 4.69) is 10.6 Å². The fourth-order valence-corrected chi connectivity index (χ4v) is 4.07. The lowest BCUT2D eigenvalue weighted by atomic mass is 9.74. The van der Waals surface area contributed by atoms with Crippen LogP contribution >= 0.6 is 23.2 Å². The highest BCUT2D eigenvalue weighted by molar-refractivity contribution is 6.52. The van der Waals surface area contributed by atoms with Gasteiger partial charge >= 0.3 is 13.1 Å². The molecular weight excluding hydrogens is 538 g/mol. The molecule has 208 valence electrons. The SMILES string of the molecule is CC(C)C[C@H](NC(=O)CNC(=O)c1cc(Cl)ccc1Cl)B1OC(=O)C(CC(=O)N(C)C)(CC(=O)N(C)C)O1.